The van der Waals surface area contributed by atoms with Gasteiger partial charge < -0.3 is 15.5 Å². The maximum atomic E-state index is 13.0. The number of hydrogen-bond acceptors (Lipinski definition) is 6. The summed E-state index contributed by atoms with van der Waals surface area (Å²) in [6, 6.07) is 15.5. The van der Waals surface area contributed by atoms with Gasteiger partial charge in [-0.25, -0.2) is 14.8 Å². The fourth-order valence-corrected chi connectivity index (χ4v) is 3.67. The van der Waals surface area contributed by atoms with Gasteiger partial charge in [-0.3, -0.25) is 4.98 Å². The Morgan fingerprint density at radius 1 is 0.917 bits per heavy atom. The lowest BCUT2D eigenvalue weighted by Gasteiger charge is -2.23. The second kappa shape index (κ2) is 9.38. The van der Waals surface area contributed by atoms with Gasteiger partial charge in [0.2, 0.25) is 5.95 Å². The van der Waals surface area contributed by atoms with E-state index in [9.17, 15) is 23.1 Å². The number of pyridine rings is 1. The first-order valence-corrected chi connectivity index (χ1v) is 10.8. The van der Waals surface area contributed by atoms with Gasteiger partial charge in [-0.2, -0.15) is 13.2 Å². The normalized spacial score (nSPS) is 13.2. The van der Waals surface area contributed by atoms with E-state index in [4.69, 9.17) is 5.11 Å². The Bertz CT molecular complexity index is 1400. The maximum Gasteiger partial charge on any atom is 0.433 e. The number of nitrogens with one attached hydrogen (secondary N) is 1. The molecule has 0 fully saturated rings. The lowest BCUT2D eigenvalue weighted by molar-refractivity contribution is -0.141. The number of anilines is 2. The number of carbonyl (C=O) groups is 1. The molecule has 0 bridgehead atoms. The highest BCUT2D eigenvalue weighted by Crippen LogP contribution is 2.32. The molecule has 7 nitrogen and oxygen atoms in total. The number of benzene rings is 2. The first kappa shape index (κ1) is 24.8. The predicted molar refractivity (Wildman–Crippen MR) is 127 cm³/mol. The van der Waals surface area contributed by atoms with Crippen molar-refractivity contribution in [2.75, 3.05) is 5.32 Å². The van der Waals surface area contributed by atoms with Crippen LogP contribution in [0.3, 0.4) is 0 Å². The lowest BCUT2D eigenvalue weighted by atomic mass is 9.91. The van der Waals surface area contributed by atoms with Gasteiger partial charge in [0.05, 0.1) is 11.3 Å². The van der Waals surface area contributed by atoms with Crippen LogP contribution in [0.5, 0.6) is 0 Å². The van der Waals surface area contributed by atoms with E-state index in [0.717, 1.165) is 23.4 Å². The fourth-order valence-electron chi connectivity index (χ4n) is 3.67. The molecule has 10 heteroatoms. The molecule has 36 heavy (non-hydrogen) atoms. The van der Waals surface area contributed by atoms with Gasteiger partial charge in [-0.1, -0.05) is 24.3 Å². The molecule has 184 valence electrons. The van der Waals surface area contributed by atoms with Crippen LogP contribution in [0.2, 0.25) is 0 Å². The molecule has 2 aromatic carbocycles. The quantitative estimate of drug-likeness (QED) is 0.322. The van der Waals surface area contributed by atoms with E-state index < -0.39 is 23.4 Å². The zero-order chi connectivity index (χ0) is 26.1. The van der Waals surface area contributed by atoms with E-state index in [1.807, 2.05) is 13.0 Å². The number of hydrogen-bond donors (Lipinski definition) is 3. The monoisotopic (exact) mass is 494 g/mol. The molecular formula is C26H21F3N4O3. The van der Waals surface area contributed by atoms with Gasteiger partial charge in [-0.05, 0) is 66.9 Å². The number of carboxylic acid groups (broad SMARTS) is 1. The van der Waals surface area contributed by atoms with Gasteiger partial charge in [0.1, 0.15) is 11.3 Å². The van der Waals surface area contributed by atoms with Crippen molar-refractivity contribution in [2.24, 2.45) is 0 Å². The first-order chi connectivity index (χ1) is 16.9. The molecule has 1 atom stereocenters. The van der Waals surface area contributed by atoms with E-state index in [-0.39, 0.29) is 11.5 Å². The molecule has 4 rings (SSSR count). The van der Waals surface area contributed by atoms with Crippen LogP contribution in [0.1, 0.15) is 39.8 Å². The Labute approximate surface area is 204 Å². The molecule has 1 unspecified atom stereocenters. The van der Waals surface area contributed by atoms with Crippen LogP contribution in [0.15, 0.2) is 73.1 Å². The minimum absolute atomic E-state index is 0.109. The summed E-state index contributed by atoms with van der Waals surface area (Å²) < 4.78 is 38.9. The van der Waals surface area contributed by atoms with Crippen LogP contribution in [0, 0.1) is 6.92 Å². The van der Waals surface area contributed by atoms with Crippen LogP contribution in [0.25, 0.3) is 11.1 Å². The van der Waals surface area contributed by atoms with Gasteiger partial charge >= 0.3 is 12.1 Å². The van der Waals surface area contributed by atoms with Crippen LogP contribution in [-0.2, 0) is 11.8 Å². The highest BCUT2D eigenvalue weighted by molar-refractivity contribution is 5.87. The fraction of sp³-hybridized carbons (Fsp3) is 0.154. The number of rotatable bonds is 6. The van der Waals surface area contributed by atoms with E-state index >= 15 is 0 Å². The van der Waals surface area contributed by atoms with E-state index in [0.29, 0.717) is 22.5 Å². The first-order valence-electron chi connectivity index (χ1n) is 10.8. The molecular weight excluding hydrogens is 473 g/mol. The van der Waals surface area contributed by atoms with Crippen molar-refractivity contribution in [3.63, 3.8) is 0 Å². The number of aliphatic hydroxyl groups is 1. The highest BCUT2D eigenvalue weighted by Gasteiger charge is 2.33. The summed E-state index contributed by atoms with van der Waals surface area (Å²) in [5.41, 5.74) is 1.25. The Morgan fingerprint density at radius 2 is 1.64 bits per heavy atom. The Hall–Kier alpha value is -4.31. The molecule has 2 aromatic heterocycles. The summed E-state index contributed by atoms with van der Waals surface area (Å²) >= 11 is 0. The number of carboxylic acids is 1. The summed E-state index contributed by atoms with van der Waals surface area (Å²) in [6.07, 6.45) is -1.96. The van der Waals surface area contributed by atoms with Crippen molar-refractivity contribution in [3.8, 4) is 11.1 Å². The Kier molecular flexibility index (Phi) is 6.47. The standard InChI is InChI=1S/C26H21F3N4O3/c1-15-11-18(13-20(12-15)32-24-30-10-9-22(33-24)26(27,28)29)17-5-8-21(31-14-17)25(2,36)19-6-3-16(4-7-19)23(34)35/h3-14,36H,1-2H3,(H,34,35)(H,30,32,33). The van der Waals surface area contributed by atoms with Crippen molar-refractivity contribution in [1.82, 2.24) is 15.0 Å². The molecule has 0 amide bonds. The second-order valence-electron chi connectivity index (χ2n) is 8.36. The Balaban J connectivity index is 1.59. The van der Waals surface area contributed by atoms with Crippen molar-refractivity contribution >= 4 is 17.6 Å². The van der Waals surface area contributed by atoms with Gasteiger partial charge in [0.25, 0.3) is 0 Å². The third-order valence-corrected chi connectivity index (χ3v) is 5.57. The molecule has 0 saturated carbocycles. The smallest absolute Gasteiger partial charge is 0.433 e. The summed E-state index contributed by atoms with van der Waals surface area (Å²) in [5, 5.41) is 22.9. The number of aromatic carboxylic acids is 1. The predicted octanol–water partition coefficient (Wildman–Crippen LogP) is 5.56. The number of halogens is 3. The molecule has 4 aromatic rings. The SMILES string of the molecule is Cc1cc(Nc2nccc(C(F)(F)F)n2)cc(-c2ccc(C(C)(O)c3ccc(C(=O)O)cc3)nc2)c1. The summed E-state index contributed by atoms with van der Waals surface area (Å²) in [5.74, 6) is -1.24. The highest BCUT2D eigenvalue weighted by atomic mass is 19.4. The van der Waals surface area contributed by atoms with Crippen LogP contribution >= 0.6 is 0 Å². The maximum absolute atomic E-state index is 13.0. The van der Waals surface area contributed by atoms with Gasteiger partial charge in [-0.15, -0.1) is 0 Å². The number of aryl methyl sites for hydroxylation is 1. The largest absolute Gasteiger partial charge is 0.478 e. The molecule has 0 saturated heterocycles. The van der Waals surface area contributed by atoms with Crippen LogP contribution in [0.4, 0.5) is 24.8 Å². The average Bonchev–Trinajstić information content (AvgIpc) is 2.83. The van der Waals surface area contributed by atoms with E-state index in [1.165, 1.54) is 24.3 Å². The molecule has 0 aliphatic carbocycles. The third kappa shape index (κ3) is 5.33. The molecule has 3 N–H and O–H groups in total. The van der Waals surface area contributed by atoms with Crippen LogP contribution in [-0.4, -0.2) is 31.1 Å². The van der Waals surface area contributed by atoms with Crippen molar-refractivity contribution in [3.05, 3.63) is 101 Å². The summed E-state index contributed by atoms with van der Waals surface area (Å²) in [7, 11) is 0. The second-order valence-corrected chi connectivity index (χ2v) is 8.36. The minimum atomic E-state index is -4.58. The molecule has 2 heterocycles. The van der Waals surface area contributed by atoms with Gasteiger partial charge in [0.15, 0.2) is 0 Å². The molecule has 0 spiro atoms. The van der Waals surface area contributed by atoms with E-state index in [1.54, 1.807) is 37.4 Å². The average molecular weight is 494 g/mol. The summed E-state index contributed by atoms with van der Waals surface area (Å²) in [6.45, 7) is 3.41. The Morgan fingerprint density at radius 3 is 2.25 bits per heavy atom. The van der Waals surface area contributed by atoms with E-state index in [2.05, 4.69) is 20.3 Å². The van der Waals surface area contributed by atoms with Gasteiger partial charge in [0, 0.05) is 23.6 Å². The minimum Gasteiger partial charge on any atom is -0.478 e. The zero-order valence-corrected chi connectivity index (χ0v) is 19.2. The zero-order valence-electron chi connectivity index (χ0n) is 19.2. The number of alkyl halides is 3. The van der Waals surface area contributed by atoms with Crippen molar-refractivity contribution < 1.29 is 28.2 Å². The number of aromatic nitrogens is 3. The summed E-state index contributed by atoms with van der Waals surface area (Å²) in [4.78, 5) is 22.9. The van der Waals surface area contributed by atoms with Crippen LogP contribution < -0.4 is 5.32 Å². The lowest BCUT2D eigenvalue weighted by Crippen LogP contribution is -2.24. The van der Waals surface area contributed by atoms with Crippen molar-refractivity contribution in [1.29, 1.82) is 0 Å². The topological polar surface area (TPSA) is 108 Å². The molecule has 0 aliphatic heterocycles. The molecule has 0 radical (unpaired) electrons. The third-order valence-electron chi connectivity index (χ3n) is 5.57. The molecule has 0 aliphatic rings. The van der Waals surface area contributed by atoms with Crippen molar-refractivity contribution in [2.45, 2.75) is 25.6 Å². The number of nitrogens with zero attached hydrogens (tertiary/aromatic N) is 3.